The number of nitrogens with zero attached hydrogens (tertiary/aromatic N) is 5. The van der Waals surface area contributed by atoms with E-state index in [2.05, 4.69) is 56.4 Å². The van der Waals surface area contributed by atoms with Crippen molar-refractivity contribution in [3.05, 3.63) is 48.7 Å². The fourth-order valence-electron chi connectivity index (χ4n) is 3.37. The predicted molar refractivity (Wildman–Crippen MR) is 152 cm³/mol. The number of piperazine rings is 1. The number of aryl methyl sites for hydroxylation is 1. The molecule has 0 amide bonds. The van der Waals surface area contributed by atoms with Crippen LogP contribution in [0.4, 0.5) is 23.1 Å². The number of benzene rings is 1. The van der Waals surface area contributed by atoms with Crippen LogP contribution in [0, 0.1) is 6.92 Å². The molecule has 2 aromatic heterocycles. The molecule has 10 heteroatoms. The Morgan fingerprint density at radius 3 is 2.28 bits per heavy atom. The number of rotatable bonds is 7. The van der Waals surface area contributed by atoms with Crippen molar-refractivity contribution in [3.63, 3.8) is 0 Å². The summed E-state index contributed by atoms with van der Waals surface area (Å²) in [5, 5.41) is 14.3. The highest BCUT2D eigenvalue weighted by atomic mass is 32.2. The van der Waals surface area contributed by atoms with Gasteiger partial charge in [0.1, 0.15) is 0 Å². The zero-order valence-corrected chi connectivity index (χ0v) is 23.4. The monoisotopic (exact) mass is 512 g/mol. The van der Waals surface area contributed by atoms with E-state index in [0.29, 0.717) is 22.5 Å². The Morgan fingerprint density at radius 1 is 1.11 bits per heavy atom. The van der Waals surface area contributed by atoms with Crippen molar-refractivity contribution in [2.24, 2.45) is 0 Å². The van der Waals surface area contributed by atoms with E-state index in [9.17, 15) is 0 Å². The number of aromatic amines is 1. The normalized spacial score (nSPS) is 13.0. The minimum absolute atomic E-state index is 0.604. The van der Waals surface area contributed by atoms with Crippen LogP contribution >= 0.6 is 11.8 Å². The van der Waals surface area contributed by atoms with E-state index >= 15 is 0 Å². The maximum atomic E-state index is 5.77. The van der Waals surface area contributed by atoms with Crippen LogP contribution in [0.5, 0.6) is 5.75 Å². The maximum Gasteiger partial charge on any atom is 0.204 e. The Kier molecular flexibility index (Phi) is 12.1. The summed E-state index contributed by atoms with van der Waals surface area (Å²) in [6.07, 6.45) is 1.75. The first-order chi connectivity index (χ1) is 17.5. The number of nitrogens with one attached hydrogen (secondary N) is 3. The highest BCUT2D eigenvalue weighted by molar-refractivity contribution is 7.99. The third kappa shape index (κ3) is 8.17. The lowest BCUT2D eigenvalue weighted by Gasteiger charge is -2.34. The average Bonchev–Trinajstić information content (AvgIpc) is 3.31. The first kappa shape index (κ1) is 29.0. The van der Waals surface area contributed by atoms with Crippen molar-refractivity contribution < 1.29 is 4.74 Å². The predicted octanol–water partition coefficient (Wildman–Crippen LogP) is 5.42. The van der Waals surface area contributed by atoms with Crippen LogP contribution in [0.2, 0.25) is 0 Å². The fraction of sp³-hybridized carbons (Fsp3) is 0.423. The number of anilines is 4. The first-order valence-corrected chi connectivity index (χ1v) is 13.0. The molecule has 0 spiro atoms. The van der Waals surface area contributed by atoms with Gasteiger partial charge in [-0.1, -0.05) is 19.9 Å². The second kappa shape index (κ2) is 15.0. The maximum absolute atomic E-state index is 5.77. The highest BCUT2D eigenvalue weighted by Crippen LogP contribution is 2.38. The second-order valence-corrected chi connectivity index (χ2v) is 8.89. The third-order valence-electron chi connectivity index (χ3n) is 5.14. The first-order valence-electron chi connectivity index (χ1n) is 12.2. The lowest BCUT2D eigenvalue weighted by Crippen LogP contribution is -2.45. The van der Waals surface area contributed by atoms with E-state index in [1.54, 1.807) is 13.2 Å². The number of H-pyrrole nitrogens is 1. The van der Waals surface area contributed by atoms with Crippen molar-refractivity contribution in [3.8, 4) is 5.75 Å². The molecular formula is C26H40N8OS. The van der Waals surface area contributed by atoms with Crippen LogP contribution in [0.15, 0.2) is 53.0 Å². The van der Waals surface area contributed by atoms with Crippen LogP contribution in [0.3, 0.4) is 0 Å². The largest absolute Gasteiger partial charge is 0.490 e. The van der Waals surface area contributed by atoms with Crippen molar-refractivity contribution in [1.29, 1.82) is 0 Å². The lowest BCUT2D eigenvalue weighted by atomic mass is 10.3. The standard InChI is InChI=1S/C21H28N8OS.C3H6.C2H6/c1-14-13-17(27-26-14)23-19-18(30-4)20(29-11-9-28(3)10-12-29)25-21(24-19)31-16-7-5-15(22-2)6-8-16;1-3-2;1-2/h5-8,13,22H,9-12H2,1-4H3,(H2,23,24,25,26,27);3H,1H2,2H3;1-2H3. The molecule has 0 aliphatic carbocycles. The molecule has 0 bridgehead atoms. The van der Waals surface area contributed by atoms with Crippen LogP contribution in [0.1, 0.15) is 26.5 Å². The minimum atomic E-state index is 0.604. The fourth-order valence-corrected chi connectivity index (χ4v) is 4.12. The van der Waals surface area contributed by atoms with Gasteiger partial charge in [0.2, 0.25) is 5.75 Å². The van der Waals surface area contributed by atoms with Gasteiger partial charge in [0.15, 0.2) is 22.6 Å². The van der Waals surface area contributed by atoms with E-state index in [0.717, 1.165) is 48.3 Å². The van der Waals surface area contributed by atoms with Gasteiger partial charge >= 0.3 is 0 Å². The van der Waals surface area contributed by atoms with Gasteiger partial charge in [-0.25, -0.2) is 9.97 Å². The van der Waals surface area contributed by atoms with Gasteiger partial charge < -0.3 is 25.2 Å². The average molecular weight is 513 g/mol. The smallest absolute Gasteiger partial charge is 0.204 e. The van der Waals surface area contributed by atoms with Gasteiger partial charge in [0.05, 0.1) is 7.11 Å². The van der Waals surface area contributed by atoms with Gasteiger partial charge in [-0.05, 0) is 56.9 Å². The molecule has 0 atom stereocenters. The van der Waals surface area contributed by atoms with Crippen molar-refractivity contribution >= 4 is 34.9 Å². The summed E-state index contributed by atoms with van der Waals surface area (Å²) in [6, 6.07) is 10.1. The van der Waals surface area contributed by atoms with Crippen LogP contribution in [0.25, 0.3) is 0 Å². The second-order valence-electron chi connectivity index (χ2n) is 7.85. The zero-order valence-electron chi connectivity index (χ0n) is 22.6. The van der Waals surface area contributed by atoms with Gasteiger partial charge in [-0.2, -0.15) is 5.10 Å². The van der Waals surface area contributed by atoms with Crippen molar-refractivity contribution in [2.45, 2.75) is 37.7 Å². The van der Waals surface area contributed by atoms with Crippen molar-refractivity contribution in [1.82, 2.24) is 25.1 Å². The van der Waals surface area contributed by atoms with Crippen LogP contribution in [-0.4, -0.2) is 72.4 Å². The summed E-state index contributed by atoms with van der Waals surface area (Å²) in [4.78, 5) is 15.3. The number of allylic oxidation sites excluding steroid dienone is 1. The Hall–Kier alpha value is -3.24. The summed E-state index contributed by atoms with van der Waals surface area (Å²) < 4.78 is 5.77. The van der Waals surface area contributed by atoms with Crippen LogP contribution in [-0.2, 0) is 0 Å². The van der Waals surface area contributed by atoms with Gasteiger partial charge in [-0.3, -0.25) is 5.10 Å². The zero-order chi connectivity index (χ0) is 26.5. The Morgan fingerprint density at radius 2 is 1.75 bits per heavy atom. The summed E-state index contributed by atoms with van der Waals surface area (Å²) >= 11 is 1.52. The summed E-state index contributed by atoms with van der Waals surface area (Å²) in [5.74, 6) is 2.72. The highest BCUT2D eigenvalue weighted by Gasteiger charge is 2.24. The molecular weight excluding hydrogens is 472 g/mol. The third-order valence-corrected chi connectivity index (χ3v) is 6.01. The van der Waals surface area contributed by atoms with E-state index < -0.39 is 0 Å². The topological polar surface area (TPSA) is 94.2 Å². The molecule has 196 valence electrons. The van der Waals surface area contributed by atoms with E-state index in [1.807, 2.05) is 52.9 Å². The molecule has 3 aromatic rings. The van der Waals surface area contributed by atoms with Gasteiger partial charge in [0.25, 0.3) is 0 Å². The molecule has 1 aliphatic heterocycles. The van der Waals surface area contributed by atoms with Gasteiger partial charge in [-0.15, -0.1) is 6.58 Å². The lowest BCUT2D eigenvalue weighted by molar-refractivity contribution is 0.309. The number of aromatic nitrogens is 4. The quantitative estimate of drug-likeness (QED) is 0.283. The number of hydrogen-bond donors (Lipinski definition) is 3. The number of likely N-dealkylation sites (N-methyl/N-ethyl adjacent to an activating group) is 1. The summed E-state index contributed by atoms with van der Waals surface area (Å²) in [5.41, 5.74) is 2.03. The SMILES string of the molecule is C=CC.CC.CNc1ccc(Sc2nc(Nc3cc(C)[nH]n3)c(OC)c(N3CCN(C)CC3)n2)cc1. The molecule has 3 N–H and O–H groups in total. The van der Waals surface area contributed by atoms with Crippen LogP contribution < -0.4 is 20.3 Å². The molecule has 1 aromatic carbocycles. The molecule has 9 nitrogen and oxygen atoms in total. The Bertz CT molecular complexity index is 1060. The van der Waals surface area contributed by atoms with Gasteiger partial charge in [0, 0.05) is 55.6 Å². The molecule has 0 unspecified atom stereocenters. The number of hydrogen-bond acceptors (Lipinski definition) is 9. The Balaban J connectivity index is 0.000000850. The summed E-state index contributed by atoms with van der Waals surface area (Å²) in [6.45, 7) is 14.9. The molecule has 1 fully saturated rings. The molecule has 36 heavy (non-hydrogen) atoms. The van der Waals surface area contributed by atoms with E-state index in [4.69, 9.17) is 14.7 Å². The molecule has 1 aliphatic rings. The molecule has 1 saturated heterocycles. The number of methoxy groups -OCH3 is 1. The van der Waals surface area contributed by atoms with E-state index in [1.165, 1.54) is 11.8 Å². The molecule has 3 heterocycles. The van der Waals surface area contributed by atoms with E-state index in [-0.39, 0.29) is 0 Å². The molecule has 0 saturated carbocycles. The number of ether oxygens (including phenoxy) is 1. The molecule has 4 rings (SSSR count). The summed E-state index contributed by atoms with van der Waals surface area (Å²) in [7, 11) is 5.70. The Labute approximate surface area is 219 Å². The minimum Gasteiger partial charge on any atom is -0.490 e. The van der Waals surface area contributed by atoms with Crippen molar-refractivity contribution in [2.75, 3.05) is 62.9 Å². The molecule has 0 radical (unpaired) electrons.